The van der Waals surface area contributed by atoms with Gasteiger partial charge in [-0.1, -0.05) is 23.2 Å². The van der Waals surface area contributed by atoms with Crippen molar-refractivity contribution in [2.45, 2.75) is 6.92 Å². The summed E-state index contributed by atoms with van der Waals surface area (Å²) in [6.45, 7) is 1.50. The van der Waals surface area contributed by atoms with E-state index in [1.54, 1.807) is 19.1 Å². The van der Waals surface area contributed by atoms with Gasteiger partial charge in [0, 0.05) is 10.7 Å². The van der Waals surface area contributed by atoms with Crippen LogP contribution in [-0.4, -0.2) is 31.1 Å². The van der Waals surface area contributed by atoms with E-state index in [0.717, 1.165) is 0 Å². The van der Waals surface area contributed by atoms with E-state index in [0.29, 0.717) is 16.3 Å². The number of ether oxygens (including phenoxy) is 2. The zero-order valence-corrected chi connectivity index (χ0v) is 15.3. The van der Waals surface area contributed by atoms with E-state index in [1.165, 1.54) is 30.3 Å². The van der Waals surface area contributed by atoms with Crippen molar-refractivity contribution in [2.75, 3.05) is 18.5 Å². The molecule has 8 heteroatoms. The van der Waals surface area contributed by atoms with Crippen LogP contribution in [0.1, 0.15) is 27.6 Å². The van der Waals surface area contributed by atoms with Crippen LogP contribution in [0.3, 0.4) is 0 Å². The summed E-state index contributed by atoms with van der Waals surface area (Å²) < 4.78 is 9.79. The van der Waals surface area contributed by atoms with Crippen LogP contribution < -0.4 is 5.32 Å². The molecule has 26 heavy (non-hydrogen) atoms. The molecule has 0 radical (unpaired) electrons. The summed E-state index contributed by atoms with van der Waals surface area (Å²) in [4.78, 5) is 35.4. The van der Waals surface area contributed by atoms with Gasteiger partial charge in [-0.15, -0.1) is 0 Å². The van der Waals surface area contributed by atoms with Gasteiger partial charge in [0.2, 0.25) is 0 Å². The van der Waals surface area contributed by atoms with Gasteiger partial charge in [0.15, 0.2) is 6.61 Å². The Labute approximate surface area is 160 Å². The third kappa shape index (κ3) is 5.47. The molecule has 6 nitrogen and oxygen atoms in total. The molecule has 2 rings (SSSR count). The topological polar surface area (TPSA) is 81.7 Å². The second kappa shape index (κ2) is 9.22. The van der Waals surface area contributed by atoms with Crippen molar-refractivity contribution < 1.29 is 23.9 Å². The fraction of sp³-hybridized carbons (Fsp3) is 0.167. The molecular weight excluding hydrogens is 381 g/mol. The van der Waals surface area contributed by atoms with Crippen molar-refractivity contribution in [3.05, 3.63) is 63.6 Å². The number of benzene rings is 2. The molecular formula is C18H15Cl2NO5. The molecule has 0 fully saturated rings. The number of anilines is 1. The molecule has 0 bridgehead atoms. The third-order valence-corrected chi connectivity index (χ3v) is 3.71. The number of esters is 2. The zero-order valence-electron chi connectivity index (χ0n) is 13.8. The molecule has 0 saturated heterocycles. The van der Waals surface area contributed by atoms with Gasteiger partial charge in [0.25, 0.3) is 5.91 Å². The van der Waals surface area contributed by atoms with Crippen LogP contribution in [0.4, 0.5) is 5.69 Å². The Kier molecular flexibility index (Phi) is 7.00. The third-order valence-electron chi connectivity index (χ3n) is 3.17. The Hall–Kier alpha value is -2.57. The highest BCUT2D eigenvalue weighted by atomic mass is 35.5. The summed E-state index contributed by atoms with van der Waals surface area (Å²) in [7, 11) is 0. The van der Waals surface area contributed by atoms with Gasteiger partial charge in [-0.2, -0.15) is 0 Å². The van der Waals surface area contributed by atoms with Crippen LogP contribution in [0.25, 0.3) is 0 Å². The lowest BCUT2D eigenvalue weighted by atomic mass is 10.2. The largest absolute Gasteiger partial charge is 0.462 e. The monoisotopic (exact) mass is 395 g/mol. The number of carbonyl (C=O) groups excluding carboxylic acids is 3. The predicted octanol–water partition coefficient (Wildman–Crippen LogP) is 3.97. The summed E-state index contributed by atoms with van der Waals surface area (Å²) in [6.07, 6.45) is 0. The summed E-state index contributed by atoms with van der Waals surface area (Å²) in [5.41, 5.74) is 0.930. The van der Waals surface area contributed by atoms with Crippen LogP contribution >= 0.6 is 23.2 Å². The Morgan fingerprint density at radius 2 is 1.65 bits per heavy atom. The molecule has 0 saturated carbocycles. The summed E-state index contributed by atoms with van der Waals surface area (Å²) in [5.74, 6) is -1.72. The Bertz CT molecular complexity index is 821. The minimum Gasteiger partial charge on any atom is -0.462 e. The van der Waals surface area contributed by atoms with Gasteiger partial charge >= 0.3 is 11.9 Å². The van der Waals surface area contributed by atoms with Gasteiger partial charge in [-0.05, 0) is 49.4 Å². The van der Waals surface area contributed by atoms with Crippen LogP contribution in [0.15, 0.2) is 42.5 Å². The van der Waals surface area contributed by atoms with Crippen LogP contribution in [-0.2, 0) is 14.3 Å². The highest BCUT2D eigenvalue weighted by molar-refractivity contribution is 6.36. The molecule has 0 heterocycles. The van der Waals surface area contributed by atoms with Crippen LogP contribution in [0.5, 0.6) is 0 Å². The highest BCUT2D eigenvalue weighted by Crippen LogP contribution is 2.21. The fourth-order valence-corrected chi connectivity index (χ4v) is 2.45. The lowest BCUT2D eigenvalue weighted by molar-refractivity contribution is -0.119. The number of amides is 1. The zero-order chi connectivity index (χ0) is 19.1. The van der Waals surface area contributed by atoms with E-state index in [2.05, 4.69) is 5.32 Å². The average molecular weight is 396 g/mol. The second-order valence-electron chi connectivity index (χ2n) is 5.05. The Morgan fingerprint density at radius 1 is 0.962 bits per heavy atom. The first-order valence-electron chi connectivity index (χ1n) is 7.60. The molecule has 0 aliphatic carbocycles. The molecule has 0 aromatic heterocycles. The van der Waals surface area contributed by atoms with E-state index in [-0.39, 0.29) is 17.2 Å². The maximum atomic E-state index is 11.9. The molecule has 2 aromatic carbocycles. The van der Waals surface area contributed by atoms with Crippen LogP contribution in [0, 0.1) is 0 Å². The van der Waals surface area contributed by atoms with E-state index in [4.69, 9.17) is 32.7 Å². The van der Waals surface area contributed by atoms with Crippen molar-refractivity contribution in [3.8, 4) is 0 Å². The van der Waals surface area contributed by atoms with Crippen molar-refractivity contribution in [2.24, 2.45) is 0 Å². The molecule has 1 amide bonds. The van der Waals surface area contributed by atoms with E-state index in [1.807, 2.05) is 0 Å². The average Bonchev–Trinajstić information content (AvgIpc) is 2.60. The quantitative estimate of drug-likeness (QED) is 0.748. The highest BCUT2D eigenvalue weighted by Gasteiger charge is 2.14. The van der Waals surface area contributed by atoms with Gasteiger partial charge in [0.05, 0.1) is 22.8 Å². The summed E-state index contributed by atoms with van der Waals surface area (Å²) in [6, 6.07) is 10.4. The lowest BCUT2D eigenvalue weighted by Crippen LogP contribution is -2.21. The molecule has 1 N–H and O–H groups in total. The number of hydrogen-bond donors (Lipinski definition) is 1. The first-order chi connectivity index (χ1) is 12.4. The number of rotatable bonds is 6. The number of nitrogens with one attached hydrogen (secondary N) is 1. The van der Waals surface area contributed by atoms with Gasteiger partial charge in [-0.25, -0.2) is 9.59 Å². The van der Waals surface area contributed by atoms with Gasteiger partial charge in [-0.3, -0.25) is 4.79 Å². The number of hydrogen-bond acceptors (Lipinski definition) is 5. The number of halogens is 2. The van der Waals surface area contributed by atoms with Crippen molar-refractivity contribution >= 4 is 46.7 Å². The normalized spacial score (nSPS) is 10.1. The lowest BCUT2D eigenvalue weighted by Gasteiger charge is -2.08. The van der Waals surface area contributed by atoms with E-state index < -0.39 is 24.5 Å². The minimum absolute atomic E-state index is 0.114. The molecule has 0 spiro atoms. The standard InChI is InChI=1S/C18H15Cl2NO5/c1-2-25-17(23)11-3-6-13(7-4-11)21-16(22)10-26-18(24)14-8-5-12(19)9-15(14)20/h3-9H,2,10H2,1H3,(H,21,22). The maximum absolute atomic E-state index is 11.9. The maximum Gasteiger partial charge on any atom is 0.340 e. The molecule has 0 unspecified atom stereocenters. The van der Waals surface area contributed by atoms with Gasteiger partial charge < -0.3 is 14.8 Å². The van der Waals surface area contributed by atoms with E-state index in [9.17, 15) is 14.4 Å². The Morgan fingerprint density at radius 3 is 2.27 bits per heavy atom. The van der Waals surface area contributed by atoms with Crippen molar-refractivity contribution in [1.29, 1.82) is 0 Å². The van der Waals surface area contributed by atoms with E-state index >= 15 is 0 Å². The summed E-state index contributed by atoms with van der Waals surface area (Å²) >= 11 is 11.7. The first-order valence-corrected chi connectivity index (χ1v) is 8.35. The molecule has 0 aliphatic rings. The smallest absolute Gasteiger partial charge is 0.340 e. The van der Waals surface area contributed by atoms with Crippen molar-refractivity contribution in [3.63, 3.8) is 0 Å². The Balaban J connectivity index is 1.88. The molecule has 0 aliphatic heterocycles. The molecule has 136 valence electrons. The first kappa shape index (κ1) is 19.8. The molecule has 0 atom stereocenters. The SMILES string of the molecule is CCOC(=O)c1ccc(NC(=O)COC(=O)c2ccc(Cl)cc2Cl)cc1. The summed E-state index contributed by atoms with van der Waals surface area (Å²) in [5, 5.41) is 3.07. The van der Waals surface area contributed by atoms with Crippen LogP contribution in [0.2, 0.25) is 10.0 Å². The van der Waals surface area contributed by atoms with Gasteiger partial charge in [0.1, 0.15) is 0 Å². The second-order valence-corrected chi connectivity index (χ2v) is 5.89. The fourth-order valence-electron chi connectivity index (χ4n) is 1.97. The predicted molar refractivity (Wildman–Crippen MR) is 97.8 cm³/mol. The number of carbonyl (C=O) groups is 3. The minimum atomic E-state index is -0.737. The molecule has 2 aromatic rings. The van der Waals surface area contributed by atoms with Crippen molar-refractivity contribution in [1.82, 2.24) is 0 Å².